The van der Waals surface area contributed by atoms with Gasteiger partial charge in [0.2, 0.25) is 0 Å². The van der Waals surface area contributed by atoms with Gasteiger partial charge in [-0.3, -0.25) is 0 Å². The molecule has 3 heteroatoms. The van der Waals surface area contributed by atoms with Crippen LogP contribution in [0.5, 0.6) is 0 Å². The van der Waals surface area contributed by atoms with Gasteiger partial charge in [-0.1, -0.05) is 53.7 Å². The number of ether oxygens (including phenoxy) is 1. The Morgan fingerprint density at radius 2 is 1.70 bits per heavy atom. The fourth-order valence-corrected chi connectivity index (χ4v) is 13.0. The second-order valence-corrected chi connectivity index (χ2v) is 17.3. The van der Waals surface area contributed by atoms with E-state index >= 15 is 0 Å². The summed E-state index contributed by atoms with van der Waals surface area (Å²) in [6.07, 6.45) is 16.6. The summed E-state index contributed by atoms with van der Waals surface area (Å²) in [6, 6.07) is 2.04. The van der Waals surface area contributed by atoms with E-state index in [9.17, 15) is 4.79 Å². The van der Waals surface area contributed by atoms with E-state index in [1.807, 2.05) is 17.5 Å². The zero-order valence-electron chi connectivity index (χ0n) is 26.4. The van der Waals surface area contributed by atoms with Crippen LogP contribution in [0.15, 0.2) is 35.1 Å². The van der Waals surface area contributed by atoms with E-state index in [0.717, 1.165) is 35.7 Å². The first-order chi connectivity index (χ1) is 18.8. The lowest BCUT2D eigenvalue weighted by Crippen LogP contribution is -2.66. The number of hydrogen-bond acceptors (Lipinski definition) is 3. The number of hydrogen-bond donors (Lipinski definition) is 0. The third-order valence-electron chi connectivity index (χ3n) is 14.6. The molecule has 0 amide bonds. The number of rotatable bonds is 4. The van der Waals surface area contributed by atoms with E-state index in [2.05, 4.69) is 60.4 Å². The standard InChI is InChI=1S/C37H54O2S/c1-24(2)26-13-17-34(5)20-21-36(7)27(32(26)34)10-11-29-35(6)18-15-30(33(3,4)28(35)14-19-37(29,36)8)39-31(38)12-9-25-16-22-40-23-25/h9,12,16,22-23,26-30,32H,1,10-11,13-15,17-21H2,2-8H3/b12-9+/t26-,27+,28-,29+,30-,32+,34+,35-,36+,37+/m0/s1. The van der Waals surface area contributed by atoms with E-state index in [-0.39, 0.29) is 17.5 Å². The predicted molar refractivity (Wildman–Crippen MR) is 168 cm³/mol. The molecule has 0 N–H and O–H groups in total. The third kappa shape index (κ3) is 4.02. The molecular formula is C37H54O2S. The average Bonchev–Trinajstić information content (AvgIpc) is 3.53. The summed E-state index contributed by atoms with van der Waals surface area (Å²) < 4.78 is 6.23. The van der Waals surface area contributed by atoms with Crippen molar-refractivity contribution in [3.63, 3.8) is 0 Å². The fourth-order valence-electron chi connectivity index (χ4n) is 12.4. The molecular weight excluding hydrogens is 508 g/mol. The third-order valence-corrected chi connectivity index (χ3v) is 15.3. The van der Waals surface area contributed by atoms with Crippen LogP contribution >= 0.6 is 11.3 Å². The topological polar surface area (TPSA) is 26.3 Å². The summed E-state index contributed by atoms with van der Waals surface area (Å²) >= 11 is 1.65. The van der Waals surface area contributed by atoms with Crippen molar-refractivity contribution in [3.8, 4) is 0 Å². The first kappa shape index (κ1) is 28.8. The van der Waals surface area contributed by atoms with Crippen LogP contribution in [0.1, 0.15) is 118 Å². The summed E-state index contributed by atoms with van der Waals surface area (Å²) in [5, 5.41) is 4.10. The number of carbonyl (C=O) groups is 1. The molecule has 5 fully saturated rings. The molecule has 5 aliphatic carbocycles. The first-order valence-corrected chi connectivity index (χ1v) is 17.3. The fraction of sp³-hybridized carbons (Fsp3) is 0.757. The van der Waals surface area contributed by atoms with Gasteiger partial charge < -0.3 is 4.74 Å². The molecule has 0 radical (unpaired) electrons. The largest absolute Gasteiger partial charge is 0.459 e. The second-order valence-electron chi connectivity index (χ2n) is 16.5. The van der Waals surface area contributed by atoms with E-state index < -0.39 is 0 Å². The number of esters is 1. The van der Waals surface area contributed by atoms with Crippen LogP contribution in [-0.2, 0) is 9.53 Å². The van der Waals surface area contributed by atoms with Crippen molar-refractivity contribution < 1.29 is 9.53 Å². The number of carbonyl (C=O) groups excluding carboxylic acids is 1. The van der Waals surface area contributed by atoms with Gasteiger partial charge in [-0.25, -0.2) is 4.79 Å². The van der Waals surface area contributed by atoms with E-state index in [0.29, 0.717) is 27.6 Å². The molecule has 0 aliphatic heterocycles. The van der Waals surface area contributed by atoms with Gasteiger partial charge in [-0.05, 0) is 151 Å². The highest BCUT2D eigenvalue weighted by molar-refractivity contribution is 7.08. The quantitative estimate of drug-likeness (QED) is 0.207. The van der Waals surface area contributed by atoms with Crippen LogP contribution in [0, 0.1) is 56.7 Å². The van der Waals surface area contributed by atoms with Crippen LogP contribution in [0.4, 0.5) is 0 Å². The molecule has 5 saturated carbocycles. The van der Waals surface area contributed by atoms with Crippen molar-refractivity contribution in [1.29, 1.82) is 0 Å². The van der Waals surface area contributed by atoms with E-state index in [1.54, 1.807) is 17.4 Å². The normalized spacial score (nSPS) is 47.6. The molecule has 0 saturated heterocycles. The molecule has 10 atom stereocenters. The maximum Gasteiger partial charge on any atom is 0.331 e. The van der Waals surface area contributed by atoms with Crippen molar-refractivity contribution in [2.24, 2.45) is 56.7 Å². The SMILES string of the molecule is C=C(C)[C@@H]1CC[C@]2(C)CC[C@]3(C)[C@H](CC[C@@H]4[C@@]5(C)CC[C@H](OC(=O)/C=C/c6ccsc6)C(C)(C)[C@@H]5CC[C@]43C)[C@@H]12. The minimum atomic E-state index is -0.185. The molecule has 6 rings (SSSR count). The molecule has 1 aromatic heterocycles. The monoisotopic (exact) mass is 562 g/mol. The minimum Gasteiger partial charge on any atom is -0.459 e. The molecule has 1 aromatic rings. The minimum absolute atomic E-state index is 0.00770. The van der Waals surface area contributed by atoms with Crippen molar-refractivity contribution in [1.82, 2.24) is 0 Å². The lowest BCUT2D eigenvalue weighted by molar-refractivity contribution is -0.248. The maximum absolute atomic E-state index is 12.9. The van der Waals surface area contributed by atoms with Crippen LogP contribution in [0.2, 0.25) is 0 Å². The van der Waals surface area contributed by atoms with Gasteiger partial charge in [0.15, 0.2) is 0 Å². The van der Waals surface area contributed by atoms with Gasteiger partial charge in [0.25, 0.3) is 0 Å². The molecule has 0 aromatic carbocycles. The van der Waals surface area contributed by atoms with Gasteiger partial charge in [0.1, 0.15) is 6.10 Å². The Kier molecular flexibility index (Phi) is 6.89. The molecule has 220 valence electrons. The zero-order valence-corrected chi connectivity index (χ0v) is 27.2. The predicted octanol–water partition coefficient (Wildman–Crippen LogP) is 10.4. The molecule has 2 nitrogen and oxygen atoms in total. The molecule has 0 bridgehead atoms. The maximum atomic E-state index is 12.9. The van der Waals surface area contributed by atoms with Gasteiger partial charge in [0, 0.05) is 11.5 Å². The highest BCUT2D eigenvalue weighted by atomic mass is 32.1. The van der Waals surface area contributed by atoms with Crippen molar-refractivity contribution in [3.05, 3.63) is 40.6 Å². The summed E-state index contributed by atoms with van der Waals surface area (Å²) in [5.41, 5.74) is 4.12. The van der Waals surface area contributed by atoms with Crippen LogP contribution in [-0.4, -0.2) is 12.1 Å². The van der Waals surface area contributed by atoms with E-state index in [4.69, 9.17) is 4.74 Å². The lowest BCUT2D eigenvalue weighted by atomic mass is 9.32. The molecule has 40 heavy (non-hydrogen) atoms. The highest BCUT2D eigenvalue weighted by Crippen LogP contribution is 2.77. The number of thiophene rings is 1. The van der Waals surface area contributed by atoms with Gasteiger partial charge in [0.05, 0.1) is 0 Å². The molecule has 0 unspecified atom stereocenters. The van der Waals surface area contributed by atoms with E-state index in [1.165, 1.54) is 63.4 Å². The van der Waals surface area contributed by atoms with Gasteiger partial charge >= 0.3 is 5.97 Å². The Bertz CT molecular complexity index is 1180. The van der Waals surface area contributed by atoms with Crippen LogP contribution in [0.25, 0.3) is 6.08 Å². The van der Waals surface area contributed by atoms with Crippen molar-refractivity contribution in [2.45, 2.75) is 119 Å². The molecule has 0 spiro atoms. The Morgan fingerprint density at radius 1 is 0.925 bits per heavy atom. The average molecular weight is 563 g/mol. The van der Waals surface area contributed by atoms with Crippen molar-refractivity contribution in [2.75, 3.05) is 0 Å². The Morgan fingerprint density at radius 3 is 2.40 bits per heavy atom. The second kappa shape index (κ2) is 9.58. The zero-order chi connectivity index (χ0) is 28.7. The number of fused-ring (bicyclic) bond motifs is 7. The smallest absolute Gasteiger partial charge is 0.331 e. The van der Waals surface area contributed by atoms with Crippen LogP contribution in [0.3, 0.4) is 0 Å². The Hall–Kier alpha value is -1.35. The molecule has 1 heterocycles. The summed E-state index contributed by atoms with van der Waals surface area (Å²) in [6.45, 7) is 22.4. The summed E-state index contributed by atoms with van der Waals surface area (Å²) in [5.74, 6) is 3.53. The van der Waals surface area contributed by atoms with Gasteiger partial charge in [-0.15, -0.1) is 0 Å². The number of allylic oxidation sites excluding steroid dienone is 1. The summed E-state index contributed by atoms with van der Waals surface area (Å²) in [7, 11) is 0. The molecule has 5 aliphatic rings. The Balaban J connectivity index is 1.25. The van der Waals surface area contributed by atoms with Gasteiger partial charge in [-0.2, -0.15) is 11.3 Å². The van der Waals surface area contributed by atoms with Crippen molar-refractivity contribution >= 4 is 23.4 Å². The summed E-state index contributed by atoms with van der Waals surface area (Å²) in [4.78, 5) is 12.9. The van der Waals surface area contributed by atoms with Crippen LogP contribution < -0.4 is 0 Å². The Labute approximate surface area is 248 Å². The highest BCUT2D eigenvalue weighted by Gasteiger charge is 2.70. The first-order valence-electron chi connectivity index (χ1n) is 16.3. The lowest BCUT2D eigenvalue weighted by Gasteiger charge is -2.73.